The van der Waals surface area contributed by atoms with Crippen molar-refractivity contribution in [3.8, 4) is 0 Å². The van der Waals surface area contributed by atoms with Gasteiger partial charge in [-0.15, -0.1) is 0 Å². The SMILES string of the molecule is FC(F)(F)C1(Br)[Te]C(Br)(C(F)(F)F)[Te]1. The summed E-state index contributed by atoms with van der Waals surface area (Å²) >= 11 is 0.352. The first-order valence-corrected chi connectivity index (χ1v) is 9.08. The van der Waals surface area contributed by atoms with Crippen LogP contribution in [0.15, 0.2) is 0 Å². The van der Waals surface area contributed by atoms with Gasteiger partial charge in [-0.3, -0.25) is 0 Å². The quantitative estimate of drug-likeness (QED) is 0.236. The Balaban J connectivity index is 2.76. The first-order chi connectivity index (χ1) is 5.91. The Hall–Kier alpha value is 2.12. The van der Waals surface area contributed by atoms with Crippen molar-refractivity contribution in [2.24, 2.45) is 0 Å². The van der Waals surface area contributed by atoms with Gasteiger partial charge in [-0.2, -0.15) is 0 Å². The Morgan fingerprint density at radius 3 is 1.07 bits per heavy atom. The van der Waals surface area contributed by atoms with Crippen LogP contribution in [0.3, 0.4) is 0 Å². The van der Waals surface area contributed by atoms with E-state index >= 15 is 0 Å². The maximum atomic E-state index is 12.2. The molecule has 10 heteroatoms. The standard InChI is InChI=1S/C4Br2F6Te2/c5-1(3(7,8)9)13-2(6,14-1)4(10,11)12. The van der Waals surface area contributed by atoms with E-state index in [1.165, 1.54) is 0 Å². The van der Waals surface area contributed by atoms with Gasteiger partial charge in [0, 0.05) is 0 Å². The molecule has 1 rings (SSSR count). The van der Waals surface area contributed by atoms with Crippen molar-refractivity contribution < 1.29 is 26.3 Å². The molecule has 0 amide bonds. The monoisotopic (exact) mass is 580 g/mol. The van der Waals surface area contributed by atoms with Crippen LogP contribution in [-0.4, -0.2) is 55.0 Å². The van der Waals surface area contributed by atoms with Crippen LogP contribution in [0.5, 0.6) is 0 Å². The number of alkyl halides is 8. The van der Waals surface area contributed by atoms with Gasteiger partial charge in [0.25, 0.3) is 0 Å². The van der Waals surface area contributed by atoms with E-state index in [-0.39, 0.29) is 0 Å². The summed E-state index contributed by atoms with van der Waals surface area (Å²) in [5, 5.41) is 0. The van der Waals surface area contributed by atoms with Crippen LogP contribution in [0, 0.1) is 0 Å². The molecule has 1 heterocycles. The van der Waals surface area contributed by atoms with Crippen molar-refractivity contribution in [3.05, 3.63) is 0 Å². The minimum atomic E-state index is -4.54. The number of halogens is 8. The first kappa shape index (κ1) is 14.2. The number of hydrogen-bond acceptors (Lipinski definition) is 0. The van der Waals surface area contributed by atoms with Crippen molar-refractivity contribution in [3.63, 3.8) is 0 Å². The molecule has 0 spiro atoms. The molecule has 1 fully saturated rings. The molecule has 0 aromatic heterocycles. The van der Waals surface area contributed by atoms with Crippen molar-refractivity contribution in [1.82, 2.24) is 0 Å². The van der Waals surface area contributed by atoms with Gasteiger partial charge in [-0.25, -0.2) is 0 Å². The Labute approximate surface area is 112 Å². The fourth-order valence-corrected chi connectivity index (χ4v) is 30.2. The summed E-state index contributed by atoms with van der Waals surface area (Å²) in [5.41, 5.74) is 0. The van der Waals surface area contributed by atoms with Crippen LogP contribution in [0.2, 0.25) is 0 Å². The van der Waals surface area contributed by atoms with Gasteiger partial charge < -0.3 is 0 Å². The fraction of sp³-hybridized carbons (Fsp3) is 1.00. The summed E-state index contributed by atoms with van der Waals surface area (Å²) < 4.78 is 69.2. The molecule has 84 valence electrons. The first-order valence-electron chi connectivity index (χ1n) is 2.83. The summed E-state index contributed by atoms with van der Waals surface area (Å²) in [6.45, 7) is 0. The average molecular weight is 577 g/mol. The molecule has 0 saturated carbocycles. The summed E-state index contributed by atoms with van der Waals surface area (Å²) in [6.07, 6.45) is -9.08. The Kier molecular flexibility index (Phi) is 3.86. The van der Waals surface area contributed by atoms with Gasteiger partial charge >= 0.3 is 113 Å². The molecule has 1 aliphatic heterocycles. The number of rotatable bonds is 0. The Morgan fingerprint density at radius 2 is 0.929 bits per heavy atom. The van der Waals surface area contributed by atoms with E-state index in [4.69, 9.17) is 0 Å². The molecule has 0 N–H and O–H groups in total. The molecule has 0 atom stereocenters. The van der Waals surface area contributed by atoms with Crippen molar-refractivity contribution in [1.29, 1.82) is 0 Å². The second kappa shape index (κ2) is 3.81. The van der Waals surface area contributed by atoms with Gasteiger partial charge in [-0.05, 0) is 0 Å². The molecular formula is C4Br2F6Te2. The second-order valence-corrected chi connectivity index (χ2v) is 24.3. The average Bonchev–Trinajstić information content (AvgIpc) is 1.78. The molecule has 0 aliphatic carbocycles. The molecule has 0 nitrogen and oxygen atoms in total. The van der Waals surface area contributed by atoms with E-state index in [1.807, 2.05) is 0 Å². The third-order valence-electron chi connectivity index (χ3n) is 1.20. The van der Waals surface area contributed by atoms with E-state index < -0.39 is 55.0 Å². The topological polar surface area (TPSA) is 0 Å². The predicted molar refractivity (Wildman–Crippen MR) is 46.9 cm³/mol. The maximum absolute atomic E-state index is 12.2. The van der Waals surface area contributed by atoms with E-state index in [0.29, 0.717) is 0 Å². The van der Waals surface area contributed by atoms with Gasteiger partial charge in [0.1, 0.15) is 0 Å². The van der Waals surface area contributed by atoms with Crippen LogP contribution in [0.4, 0.5) is 26.3 Å². The van der Waals surface area contributed by atoms with Gasteiger partial charge in [0.05, 0.1) is 0 Å². The van der Waals surface area contributed by atoms with Crippen molar-refractivity contribution in [2.75, 3.05) is 0 Å². The molecular weight excluding hydrogens is 577 g/mol. The molecule has 1 saturated heterocycles. The third-order valence-corrected chi connectivity index (χ3v) is 18.5. The zero-order valence-electron chi connectivity index (χ0n) is 5.84. The van der Waals surface area contributed by atoms with Crippen LogP contribution in [0.1, 0.15) is 0 Å². The van der Waals surface area contributed by atoms with Crippen LogP contribution >= 0.6 is 31.9 Å². The summed E-state index contributed by atoms with van der Waals surface area (Å²) in [6, 6.07) is 0. The van der Waals surface area contributed by atoms with Crippen LogP contribution in [-0.2, 0) is 0 Å². The molecule has 1 aliphatic rings. The van der Waals surface area contributed by atoms with Gasteiger partial charge in [0.2, 0.25) is 0 Å². The molecule has 0 aromatic carbocycles. The van der Waals surface area contributed by atoms with Gasteiger partial charge in [-0.1, -0.05) is 0 Å². The van der Waals surface area contributed by atoms with E-state index in [1.54, 1.807) is 0 Å². The fourth-order valence-electron chi connectivity index (χ4n) is 0.577. The van der Waals surface area contributed by atoms with E-state index in [0.717, 1.165) is 0 Å². The Morgan fingerprint density at radius 1 is 0.714 bits per heavy atom. The zero-order chi connectivity index (χ0) is 11.4. The predicted octanol–water partition coefficient (Wildman–Crippen LogP) is 2.63. The molecule has 14 heavy (non-hydrogen) atoms. The molecule has 0 bridgehead atoms. The Bertz CT molecular complexity index is 217. The van der Waals surface area contributed by atoms with Crippen molar-refractivity contribution >= 4 is 73.7 Å². The minimum absolute atomic E-state index is 2.14. The molecule has 0 unspecified atom stereocenters. The summed E-state index contributed by atoms with van der Waals surface area (Å²) in [5.74, 6) is 0. The van der Waals surface area contributed by atoms with E-state index in [2.05, 4.69) is 31.9 Å². The van der Waals surface area contributed by atoms with Crippen LogP contribution < -0.4 is 0 Å². The van der Waals surface area contributed by atoms with Crippen molar-refractivity contribution in [2.45, 2.75) is 13.2 Å². The second-order valence-electron chi connectivity index (χ2n) is 2.27. The number of hydrogen-bond donors (Lipinski definition) is 0. The molecule has 0 aromatic rings. The molecule has 0 radical (unpaired) electrons. The van der Waals surface area contributed by atoms with E-state index in [9.17, 15) is 26.3 Å². The van der Waals surface area contributed by atoms with Crippen LogP contribution in [0.25, 0.3) is 0 Å². The summed E-state index contributed by atoms with van der Waals surface area (Å²) in [7, 11) is 0. The van der Waals surface area contributed by atoms with Gasteiger partial charge in [0.15, 0.2) is 0 Å². The third kappa shape index (κ3) is 2.36. The zero-order valence-corrected chi connectivity index (χ0v) is 13.7. The normalized spacial score (nSPS) is 39.4. The summed E-state index contributed by atoms with van der Waals surface area (Å²) in [4.78, 5) is 0.